The Balaban J connectivity index is 2.17. The number of hydrogen-bond acceptors (Lipinski definition) is 5. The van der Waals surface area contributed by atoms with E-state index < -0.39 is 0 Å². The lowest BCUT2D eigenvalue weighted by molar-refractivity contribution is -0.384. The highest BCUT2D eigenvalue weighted by atomic mass is 32.1. The highest BCUT2D eigenvalue weighted by Crippen LogP contribution is 2.26. The van der Waals surface area contributed by atoms with Crippen LogP contribution >= 0.6 is 11.3 Å². The highest BCUT2D eigenvalue weighted by molar-refractivity contribution is 7.11. The van der Waals surface area contributed by atoms with E-state index in [1.54, 1.807) is 29.7 Å². The number of nitrogens with one attached hydrogen (secondary N) is 1. The molecule has 0 aliphatic carbocycles. The smallest absolute Gasteiger partial charge is 0.292 e. The van der Waals surface area contributed by atoms with Gasteiger partial charge in [0.15, 0.2) is 0 Å². The molecule has 6 heteroatoms. The Morgan fingerprint density at radius 2 is 2.22 bits per heavy atom. The van der Waals surface area contributed by atoms with Gasteiger partial charge in [-0.2, -0.15) is 0 Å². The molecule has 0 amide bonds. The van der Waals surface area contributed by atoms with Gasteiger partial charge < -0.3 is 5.32 Å². The minimum absolute atomic E-state index is 0.0916. The first-order chi connectivity index (χ1) is 8.56. The standard InChI is InChI=1S/C12H13N3O2S/c1-8-3-4-11(15(16)17)10(5-8)13-7-12-14-6-9(2)18-12/h3-6,13H,7H2,1-2H3. The lowest BCUT2D eigenvalue weighted by Gasteiger charge is -2.06. The lowest BCUT2D eigenvalue weighted by atomic mass is 10.2. The van der Waals surface area contributed by atoms with Gasteiger partial charge in [0, 0.05) is 17.1 Å². The molecule has 0 atom stereocenters. The zero-order valence-electron chi connectivity index (χ0n) is 10.1. The Kier molecular flexibility index (Phi) is 3.57. The maximum atomic E-state index is 10.9. The number of aromatic nitrogens is 1. The van der Waals surface area contributed by atoms with Gasteiger partial charge in [-0.3, -0.25) is 10.1 Å². The van der Waals surface area contributed by atoms with E-state index in [2.05, 4.69) is 10.3 Å². The number of anilines is 1. The fourth-order valence-electron chi connectivity index (χ4n) is 1.60. The van der Waals surface area contributed by atoms with Gasteiger partial charge in [0.25, 0.3) is 5.69 Å². The van der Waals surface area contributed by atoms with Crippen LogP contribution in [0.25, 0.3) is 0 Å². The minimum atomic E-state index is -0.380. The molecule has 0 bridgehead atoms. The Hall–Kier alpha value is -1.95. The third-order valence-corrected chi connectivity index (χ3v) is 3.36. The molecule has 0 unspecified atom stereocenters. The summed E-state index contributed by atoms with van der Waals surface area (Å²) in [6.07, 6.45) is 1.80. The van der Waals surface area contributed by atoms with E-state index >= 15 is 0 Å². The normalized spacial score (nSPS) is 10.3. The number of hydrogen-bond donors (Lipinski definition) is 1. The second-order valence-electron chi connectivity index (χ2n) is 4.00. The van der Waals surface area contributed by atoms with Crippen LogP contribution in [0.1, 0.15) is 15.4 Å². The van der Waals surface area contributed by atoms with Crippen molar-refractivity contribution in [2.75, 3.05) is 5.32 Å². The van der Waals surface area contributed by atoms with E-state index in [4.69, 9.17) is 0 Å². The van der Waals surface area contributed by atoms with E-state index in [-0.39, 0.29) is 10.6 Å². The number of thiazole rings is 1. The molecule has 0 saturated heterocycles. The maximum Gasteiger partial charge on any atom is 0.292 e. The maximum absolute atomic E-state index is 10.9. The first-order valence-electron chi connectivity index (χ1n) is 5.46. The van der Waals surface area contributed by atoms with Crippen LogP contribution in [0.15, 0.2) is 24.4 Å². The summed E-state index contributed by atoms with van der Waals surface area (Å²) in [5, 5.41) is 14.9. The van der Waals surface area contributed by atoms with Crippen LogP contribution in [0.2, 0.25) is 0 Å². The Morgan fingerprint density at radius 1 is 1.44 bits per heavy atom. The molecule has 0 aliphatic rings. The van der Waals surface area contributed by atoms with Crippen molar-refractivity contribution in [2.24, 2.45) is 0 Å². The summed E-state index contributed by atoms with van der Waals surface area (Å²) >= 11 is 1.58. The first-order valence-corrected chi connectivity index (χ1v) is 6.28. The van der Waals surface area contributed by atoms with Gasteiger partial charge in [-0.15, -0.1) is 11.3 Å². The molecule has 0 aliphatic heterocycles. The fraction of sp³-hybridized carbons (Fsp3) is 0.250. The van der Waals surface area contributed by atoms with E-state index in [1.165, 1.54) is 6.07 Å². The van der Waals surface area contributed by atoms with Gasteiger partial charge in [-0.1, -0.05) is 6.07 Å². The molecular weight excluding hydrogens is 250 g/mol. The summed E-state index contributed by atoms with van der Waals surface area (Å²) in [7, 11) is 0. The van der Waals surface area contributed by atoms with Gasteiger partial charge >= 0.3 is 0 Å². The lowest BCUT2D eigenvalue weighted by Crippen LogP contribution is -2.02. The quantitative estimate of drug-likeness (QED) is 0.679. The molecular formula is C12H13N3O2S. The van der Waals surface area contributed by atoms with Crippen molar-refractivity contribution >= 4 is 22.7 Å². The SMILES string of the molecule is Cc1ccc([N+](=O)[O-])c(NCc2ncc(C)s2)c1. The van der Waals surface area contributed by atoms with Crippen LogP contribution in [0.3, 0.4) is 0 Å². The topological polar surface area (TPSA) is 68.1 Å². The molecule has 1 heterocycles. The summed E-state index contributed by atoms with van der Waals surface area (Å²) in [4.78, 5) is 15.9. The van der Waals surface area contributed by atoms with E-state index in [1.807, 2.05) is 13.8 Å². The molecule has 0 radical (unpaired) electrons. The van der Waals surface area contributed by atoms with Gasteiger partial charge in [0.2, 0.25) is 0 Å². The molecule has 1 aromatic heterocycles. The number of benzene rings is 1. The molecule has 1 aromatic carbocycles. The fourth-order valence-corrected chi connectivity index (χ4v) is 2.33. The second kappa shape index (κ2) is 5.14. The van der Waals surface area contributed by atoms with Crippen LogP contribution in [0, 0.1) is 24.0 Å². The Morgan fingerprint density at radius 3 is 2.83 bits per heavy atom. The van der Waals surface area contributed by atoms with Crippen molar-refractivity contribution in [3.63, 3.8) is 0 Å². The monoisotopic (exact) mass is 263 g/mol. The van der Waals surface area contributed by atoms with Gasteiger partial charge in [0.1, 0.15) is 10.7 Å². The highest BCUT2D eigenvalue weighted by Gasteiger charge is 2.13. The summed E-state index contributed by atoms with van der Waals surface area (Å²) in [6, 6.07) is 5.03. The zero-order chi connectivity index (χ0) is 13.1. The number of rotatable bonds is 4. The number of nitrogens with zero attached hydrogens (tertiary/aromatic N) is 2. The van der Waals surface area contributed by atoms with Crippen molar-refractivity contribution < 1.29 is 4.92 Å². The van der Waals surface area contributed by atoms with Gasteiger partial charge in [-0.25, -0.2) is 4.98 Å². The number of aryl methyl sites for hydroxylation is 2. The van der Waals surface area contributed by atoms with Crippen LogP contribution in [-0.2, 0) is 6.54 Å². The van der Waals surface area contributed by atoms with Crippen LogP contribution in [0.5, 0.6) is 0 Å². The molecule has 5 nitrogen and oxygen atoms in total. The minimum Gasteiger partial charge on any atom is -0.373 e. The molecule has 2 rings (SSSR count). The molecule has 0 spiro atoms. The molecule has 1 N–H and O–H groups in total. The van der Waals surface area contributed by atoms with Crippen LogP contribution < -0.4 is 5.32 Å². The second-order valence-corrected chi connectivity index (χ2v) is 5.32. The van der Waals surface area contributed by atoms with Crippen molar-refractivity contribution in [3.05, 3.63) is 50.0 Å². The van der Waals surface area contributed by atoms with Crippen molar-refractivity contribution in [2.45, 2.75) is 20.4 Å². The molecule has 0 saturated carbocycles. The summed E-state index contributed by atoms with van der Waals surface area (Å²) in [6.45, 7) is 4.39. The van der Waals surface area contributed by atoms with Crippen molar-refractivity contribution in [1.29, 1.82) is 0 Å². The largest absolute Gasteiger partial charge is 0.373 e. The van der Waals surface area contributed by atoms with Crippen LogP contribution in [-0.4, -0.2) is 9.91 Å². The first kappa shape index (κ1) is 12.5. The third-order valence-electron chi connectivity index (χ3n) is 2.45. The van der Waals surface area contributed by atoms with Crippen LogP contribution in [0.4, 0.5) is 11.4 Å². The molecule has 18 heavy (non-hydrogen) atoms. The van der Waals surface area contributed by atoms with Crippen molar-refractivity contribution in [1.82, 2.24) is 4.98 Å². The van der Waals surface area contributed by atoms with E-state index in [0.717, 1.165) is 15.4 Å². The predicted molar refractivity (Wildman–Crippen MR) is 72.0 cm³/mol. The number of nitro groups is 1. The summed E-state index contributed by atoms with van der Waals surface area (Å²) in [5.41, 5.74) is 1.61. The molecule has 94 valence electrons. The van der Waals surface area contributed by atoms with E-state index in [9.17, 15) is 10.1 Å². The molecule has 0 fully saturated rings. The summed E-state index contributed by atoms with van der Waals surface area (Å²) in [5.74, 6) is 0. The van der Waals surface area contributed by atoms with Gasteiger partial charge in [0.05, 0.1) is 11.5 Å². The molecule has 2 aromatic rings. The van der Waals surface area contributed by atoms with E-state index in [0.29, 0.717) is 12.2 Å². The predicted octanol–water partition coefficient (Wildman–Crippen LogP) is 3.28. The van der Waals surface area contributed by atoms with Gasteiger partial charge in [-0.05, 0) is 25.5 Å². The third kappa shape index (κ3) is 2.84. The summed E-state index contributed by atoms with van der Waals surface area (Å²) < 4.78 is 0. The Labute approximate surface area is 109 Å². The zero-order valence-corrected chi connectivity index (χ0v) is 11.0. The van der Waals surface area contributed by atoms with Crippen molar-refractivity contribution in [3.8, 4) is 0 Å². The average molecular weight is 263 g/mol. The Bertz CT molecular complexity index is 580. The number of nitro benzene ring substituents is 1. The average Bonchev–Trinajstić information content (AvgIpc) is 2.72.